The zero-order valence-electron chi connectivity index (χ0n) is 26.0. The van der Waals surface area contributed by atoms with Crippen LogP contribution in [0.25, 0.3) is 0 Å². The highest BCUT2D eigenvalue weighted by Gasteiger charge is 2.77. The molecule has 1 aromatic rings. The van der Waals surface area contributed by atoms with E-state index in [4.69, 9.17) is 14.2 Å². The van der Waals surface area contributed by atoms with Gasteiger partial charge in [-0.25, -0.2) is 4.79 Å². The summed E-state index contributed by atoms with van der Waals surface area (Å²) >= 11 is 0. The normalized spacial score (nSPS) is 41.4. The van der Waals surface area contributed by atoms with Crippen LogP contribution in [0.5, 0.6) is 0 Å². The number of carbonyl (C=O) groups is 2. The number of anilines is 1. The first-order valence-corrected chi connectivity index (χ1v) is 15.7. The van der Waals surface area contributed by atoms with Gasteiger partial charge in [-0.15, -0.1) is 0 Å². The van der Waals surface area contributed by atoms with Crippen molar-refractivity contribution in [3.05, 3.63) is 35.2 Å². The number of carbonyl (C=O) groups excluding carboxylic acids is 2. The molecule has 2 saturated heterocycles. The largest absolute Gasteiger partial charge is 0.450 e. The highest BCUT2D eigenvalue weighted by atomic mass is 16.7. The number of hydrogen-bond acceptors (Lipinski definition) is 8. The topological polar surface area (TPSA) is 103 Å². The van der Waals surface area contributed by atoms with Crippen LogP contribution in [0.1, 0.15) is 77.7 Å². The zero-order chi connectivity index (χ0) is 30.0. The number of piperidine rings is 1. The molecule has 2 bridgehead atoms. The molecule has 2 saturated carbocycles. The van der Waals surface area contributed by atoms with E-state index in [9.17, 15) is 14.7 Å². The number of Topliss-reactive ketones (excluding diaryl/α,β-unsaturated/α-hetero) is 1. The maximum Gasteiger partial charge on any atom is 0.359 e. The van der Waals surface area contributed by atoms with Crippen LogP contribution in [-0.4, -0.2) is 69.9 Å². The van der Waals surface area contributed by atoms with Crippen LogP contribution >= 0.6 is 0 Å². The van der Waals surface area contributed by atoms with Crippen molar-refractivity contribution in [2.45, 2.75) is 90.8 Å². The van der Waals surface area contributed by atoms with E-state index in [1.807, 2.05) is 32.9 Å². The number of esters is 1. The van der Waals surface area contributed by atoms with Crippen LogP contribution < -0.4 is 4.90 Å². The molecule has 1 aromatic heterocycles. The number of nitrogens with zero attached hydrogens (tertiary/aromatic N) is 3. The highest BCUT2D eigenvalue weighted by Crippen LogP contribution is 2.72. The summed E-state index contributed by atoms with van der Waals surface area (Å²) in [7, 11) is 1.74. The van der Waals surface area contributed by atoms with Crippen molar-refractivity contribution in [2.75, 3.05) is 24.6 Å². The molecule has 3 heterocycles. The van der Waals surface area contributed by atoms with Crippen molar-refractivity contribution >= 4 is 17.4 Å². The Morgan fingerprint density at radius 2 is 1.88 bits per heavy atom. The van der Waals surface area contributed by atoms with Crippen molar-refractivity contribution in [1.82, 2.24) is 9.78 Å². The summed E-state index contributed by atoms with van der Waals surface area (Å²) in [5.74, 6) is -1.53. The van der Waals surface area contributed by atoms with E-state index >= 15 is 0 Å². The van der Waals surface area contributed by atoms with Gasteiger partial charge in [0.05, 0.1) is 23.9 Å². The Morgan fingerprint density at radius 3 is 2.60 bits per heavy atom. The van der Waals surface area contributed by atoms with Crippen LogP contribution in [-0.2, 0) is 26.1 Å². The van der Waals surface area contributed by atoms with E-state index in [1.165, 1.54) is 6.42 Å². The maximum atomic E-state index is 14.9. The molecular weight excluding hydrogens is 534 g/mol. The number of allylic oxidation sites excluding steroid dienone is 1. The lowest BCUT2D eigenvalue weighted by atomic mass is 9.59. The average Bonchev–Trinajstić information content (AvgIpc) is 3.20. The van der Waals surface area contributed by atoms with Crippen molar-refractivity contribution < 1.29 is 28.9 Å². The Balaban J connectivity index is 1.34. The van der Waals surface area contributed by atoms with Gasteiger partial charge >= 0.3 is 5.97 Å². The van der Waals surface area contributed by atoms with Crippen molar-refractivity contribution in [2.24, 2.45) is 41.5 Å². The summed E-state index contributed by atoms with van der Waals surface area (Å²) in [4.78, 5) is 31.2. The minimum Gasteiger partial charge on any atom is -0.450 e. The lowest BCUT2D eigenvalue weighted by Crippen LogP contribution is -2.68. The van der Waals surface area contributed by atoms with Crippen molar-refractivity contribution in [1.29, 1.82) is 0 Å². The number of ketones is 1. The smallest absolute Gasteiger partial charge is 0.359 e. The molecule has 2 aliphatic heterocycles. The van der Waals surface area contributed by atoms with Crippen LogP contribution in [0, 0.1) is 34.5 Å². The Kier molecular flexibility index (Phi) is 6.07. The molecular formula is C33H45N3O6. The molecule has 6 aliphatic rings. The van der Waals surface area contributed by atoms with E-state index in [0.717, 1.165) is 43.6 Å². The van der Waals surface area contributed by atoms with Crippen molar-refractivity contribution in [3.8, 4) is 0 Å². The highest BCUT2D eigenvalue weighted by molar-refractivity contribution is 5.97. The second-order valence-corrected chi connectivity index (χ2v) is 14.8. The van der Waals surface area contributed by atoms with Gasteiger partial charge in [-0.3, -0.25) is 9.48 Å². The van der Waals surface area contributed by atoms with E-state index < -0.39 is 35.0 Å². The fourth-order valence-electron chi connectivity index (χ4n) is 9.49. The lowest BCUT2D eigenvalue weighted by Gasteiger charge is -2.52. The number of aromatic nitrogens is 2. The van der Waals surface area contributed by atoms with Gasteiger partial charge in [0, 0.05) is 26.1 Å². The molecule has 9 nitrogen and oxygen atoms in total. The quantitative estimate of drug-likeness (QED) is 0.420. The second kappa shape index (κ2) is 9.02. The first kappa shape index (κ1) is 28.3. The number of hydrogen-bond donors (Lipinski definition) is 1. The molecule has 0 amide bonds. The second-order valence-electron chi connectivity index (χ2n) is 14.8. The average molecular weight is 580 g/mol. The van der Waals surface area contributed by atoms with Gasteiger partial charge in [-0.1, -0.05) is 32.9 Å². The Bertz CT molecular complexity index is 1400. The first-order chi connectivity index (χ1) is 19.7. The molecule has 7 rings (SSSR count). The fraction of sp³-hybridized carbons (Fsp3) is 0.727. The number of rotatable bonds is 3. The molecule has 8 atom stereocenters. The summed E-state index contributed by atoms with van der Waals surface area (Å²) in [6.07, 6.45) is 7.82. The third-order valence-corrected chi connectivity index (χ3v) is 11.7. The third-order valence-electron chi connectivity index (χ3n) is 11.7. The molecule has 4 fully saturated rings. The van der Waals surface area contributed by atoms with Gasteiger partial charge in [-0.2, -0.15) is 5.10 Å². The van der Waals surface area contributed by atoms with Gasteiger partial charge in [-0.05, 0) is 80.8 Å². The number of aliphatic hydroxyl groups is 1. The van der Waals surface area contributed by atoms with E-state index in [2.05, 4.69) is 30.8 Å². The molecule has 0 aromatic carbocycles. The van der Waals surface area contributed by atoms with E-state index in [0.29, 0.717) is 17.2 Å². The summed E-state index contributed by atoms with van der Waals surface area (Å²) in [5, 5.41) is 17.7. The van der Waals surface area contributed by atoms with Crippen LogP contribution in [0.4, 0.5) is 5.69 Å². The van der Waals surface area contributed by atoms with Crippen LogP contribution in [0.3, 0.4) is 0 Å². The zero-order valence-corrected chi connectivity index (χ0v) is 26.0. The Morgan fingerprint density at radius 1 is 1.17 bits per heavy atom. The number of aryl methyl sites for hydroxylation is 1. The predicted octanol–water partition coefficient (Wildman–Crippen LogP) is 4.20. The molecule has 1 N–H and O–H groups in total. The molecule has 4 aliphatic carbocycles. The molecule has 0 radical (unpaired) electrons. The molecule has 42 heavy (non-hydrogen) atoms. The standard InChI is InChI=1S/C33H45N3O6/c1-18-15-32-19(2)13-22-24(30(22,3)4)21(26(32)37)14-20-17-40-31(5,6)42-28(20)33(32,39)27(18)41-29(38)25-23(16-34-35(25)7)36-11-9-8-10-12-36/h14-16,19,21-22,24,27-28,39H,8-13,17H2,1-7H3/t19-,21+,22-,24+,27+,28-,32+,33-/m1/s1. The van der Waals surface area contributed by atoms with Gasteiger partial charge in [0.1, 0.15) is 6.10 Å². The monoisotopic (exact) mass is 579 g/mol. The van der Waals surface area contributed by atoms with E-state index in [-0.39, 0.29) is 35.6 Å². The minimum atomic E-state index is -1.84. The summed E-state index contributed by atoms with van der Waals surface area (Å²) < 4.78 is 20.6. The summed E-state index contributed by atoms with van der Waals surface area (Å²) in [6.45, 7) is 14.0. The number of fused-ring (bicyclic) bond motifs is 5. The van der Waals surface area contributed by atoms with Crippen LogP contribution in [0.2, 0.25) is 0 Å². The maximum absolute atomic E-state index is 14.9. The minimum absolute atomic E-state index is 0.00585. The molecule has 9 heteroatoms. The van der Waals surface area contributed by atoms with Gasteiger partial charge < -0.3 is 24.2 Å². The molecule has 228 valence electrons. The van der Waals surface area contributed by atoms with Crippen LogP contribution in [0.15, 0.2) is 29.5 Å². The summed E-state index contributed by atoms with van der Waals surface area (Å²) in [5.41, 5.74) is -0.539. The molecule has 0 unspecified atom stereocenters. The third kappa shape index (κ3) is 3.62. The number of ether oxygens (including phenoxy) is 3. The predicted molar refractivity (Wildman–Crippen MR) is 156 cm³/mol. The Labute approximate surface area is 248 Å². The molecule has 1 spiro atoms. The van der Waals surface area contributed by atoms with Gasteiger partial charge in [0.25, 0.3) is 0 Å². The summed E-state index contributed by atoms with van der Waals surface area (Å²) in [6, 6.07) is 0. The van der Waals surface area contributed by atoms with E-state index in [1.54, 1.807) is 17.9 Å². The van der Waals surface area contributed by atoms with Gasteiger partial charge in [0.15, 0.2) is 29.0 Å². The van der Waals surface area contributed by atoms with Gasteiger partial charge in [0.2, 0.25) is 0 Å². The first-order valence-electron chi connectivity index (χ1n) is 15.7. The SMILES string of the molecule is CC1=C[C@]23C(=O)[C@@H](C=C4COC(C)(C)O[C@H]4[C@]2(O)[C@H]1OC(=O)c1c(N2CCCCC2)cnn1C)[C@H]1[C@@H](C[C@H]3C)C1(C)C. The lowest BCUT2D eigenvalue weighted by molar-refractivity contribution is -0.302. The Hall–Kier alpha value is -2.49. The van der Waals surface area contributed by atoms with Crippen molar-refractivity contribution in [3.63, 3.8) is 0 Å². The fourth-order valence-corrected chi connectivity index (χ4v) is 9.49.